The minimum absolute atomic E-state index is 0.00847. The molecule has 0 aromatic heterocycles. The van der Waals surface area contributed by atoms with Crippen LogP contribution in [0.2, 0.25) is 0 Å². The van der Waals surface area contributed by atoms with Crippen molar-refractivity contribution in [3.8, 4) is 0 Å². The summed E-state index contributed by atoms with van der Waals surface area (Å²) in [6.07, 6.45) is 0.963. The second kappa shape index (κ2) is 4.54. The van der Waals surface area contributed by atoms with Crippen molar-refractivity contribution in [3.63, 3.8) is 0 Å². The Bertz CT molecular complexity index is 243. The molecule has 1 rings (SSSR count). The zero-order chi connectivity index (χ0) is 8.81. The van der Waals surface area contributed by atoms with E-state index < -0.39 is 0 Å². The van der Waals surface area contributed by atoms with Gasteiger partial charge in [0, 0.05) is 12.1 Å². The molecular weight excluding hydrogens is 150 g/mol. The molecule has 2 nitrogen and oxygen atoms in total. The molecule has 0 bridgehead atoms. The van der Waals surface area contributed by atoms with E-state index in [4.69, 9.17) is 0 Å². The topological polar surface area (TPSA) is 29.1 Å². The summed E-state index contributed by atoms with van der Waals surface area (Å²) in [7, 11) is 0. The summed E-state index contributed by atoms with van der Waals surface area (Å²) in [5.74, 6) is -0.00847. The molecule has 12 heavy (non-hydrogen) atoms. The lowest BCUT2D eigenvalue weighted by molar-refractivity contribution is 0.0953. The molecule has 1 radical (unpaired) electrons. The zero-order valence-electron chi connectivity index (χ0n) is 7.13. The molecular formula is C10H12NO. The summed E-state index contributed by atoms with van der Waals surface area (Å²) in [6, 6.07) is 9.85. The maximum Gasteiger partial charge on any atom is 0.251 e. The van der Waals surface area contributed by atoms with Gasteiger partial charge < -0.3 is 5.32 Å². The first-order valence-corrected chi connectivity index (χ1v) is 4.09. The molecule has 1 amide bonds. The number of carbonyl (C=O) groups excluding carboxylic acids is 1. The van der Waals surface area contributed by atoms with Crippen molar-refractivity contribution in [2.24, 2.45) is 0 Å². The smallest absolute Gasteiger partial charge is 0.251 e. The third-order valence-electron chi connectivity index (χ3n) is 1.52. The first kappa shape index (κ1) is 8.78. The van der Waals surface area contributed by atoms with E-state index in [1.165, 1.54) is 0 Å². The maximum atomic E-state index is 11.3. The monoisotopic (exact) mass is 162 g/mol. The number of rotatable bonds is 3. The number of nitrogens with one attached hydrogen (secondary N) is 1. The second-order valence-corrected chi connectivity index (χ2v) is 2.54. The van der Waals surface area contributed by atoms with Crippen molar-refractivity contribution >= 4 is 5.91 Å². The number of carbonyl (C=O) groups is 1. The normalized spacial score (nSPS) is 9.42. The highest BCUT2D eigenvalue weighted by Crippen LogP contribution is 1.96. The summed E-state index contributed by atoms with van der Waals surface area (Å²) in [5, 5.41) is 2.80. The van der Waals surface area contributed by atoms with Crippen molar-refractivity contribution in [1.29, 1.82) is 0 Å². The standard InChI is InChI=1S/C10H12NO/c1-2-8-11-10(12)9-6-4-3-5-7-9/h4-7H,2,8H2,1H3,(H,11,12). The van der Waals surface area contributed by atoms with Gasteiger partial charge in [-0.15, -0.1) is 0 Å². The van der Waals surface area contributed by atoms with E-state index in [0.717, 1.165) is 13.0 Å². The predicted octanol–water partition coefficient (Wildman–Crippen LogP) is 1.63. The van der Waals surface area contributed by atoms with Crippen LogP contribution in [0.15, 0.2) is 24.3 Å². The minimum Gasteiger partial charge on any atom is -0.352 e. The van der Waals surface area contributed by atoms with E-state index in [2.05, 4.69) is 11.4 Å². The van der Waals surface area contributed by atoms with E-state index in [1.807, 2.05) is 6.92 Å². The number of benzene rings is 1. The van der Waals surface area contributed by atoms with Crippen molar-refractivity contribution in [3.05, 3.63) is 35.9 Å². The van der Waals surface area contributed by atoms with Gasteiger partial charge in [-0.3, -0.25) is 4.79 Å². The van der Waals surface area contributed by atoms with Gasteiger partial charge in [-0.05, 0) is 24.6 Å². The summed E-state index contributed by atoms with van der Waals surface area (Å²) in [4.78, 5) is 11.3. The summed E-state index contributed by atoms with van der Waals surface area (Å²) in [5.41, 5.74) is 0.696. The average molecular weight is 162 g/mol. The lowest BCUT2D eigenvalue weighted by Crippen LogP contribution is -2.23. The number of hydrogen-bond donors (Lipinski definition) is 1. The van der Waals surface area contributed by atoms with Gasteiger partial charge >= 0.3 is 0 Å². The Balaban J connectivity index is 2.54. The Hall–Kier alpha value is -1.31. The van der Waals surface area contributed by atoms with Gasteiger partial charge in [0.2, 0.25) is 0 Å². The van der Waals surface area contributed by atoms with Crippen LogP contribution in [0.5, 0.6) is 0 Å². The van der Waals surface area contributed by atoms with Crippen LogP contribution >= 0.6 is 0 Å². The van der Waals surface area contributed by atoms with E-state index in [0.29, 0.717) is 5.56 Å². The maximum absolute atomic E-state index is 11.3. The van der Waals surface area contributed by atoms with Gasteiger partial charge in [0.05, 0.1) is 0 Å². The van der Waals surface area contributed by atoms with Crippen molar-refractivity contribution in [1.82, 2.24) is 5.32 Å². The molecule has 2 heteroatoms. The average Bonchev–Trinajstić information content (AvgIpc) is 2.15. The van der Waals surface area contributed by atoms with Crippen LogP contribution in [0.4, 0.5) is 0 Å². The molecule has 0 saturated heterocycles. The summed E-state index contributed by atoms with van der Waals surface area (Å²) < 4.78 is 0. The lowest BCUT2D eigenvalue weighted by atomic mass is 10.2. The highest BCUT2D eigenvalue weighted by molar-refractivity contribution is 5.94. The fourth-order valence-electron chi connectivity index (χ4n) is 0.879. The summed E-state index contributed by atoms with van der Waals surface area (Å²) >= 11 is 0. The molecule has 0 heterocycles. The molecule has 0 aliphatic heterocycles. The van der Waals surface area contributed by atoms with Crippen LogP contribution in [0.1, 0.15) is 23.7 Å². The molecule has 0 atom stereocenters. The highest BCUT2D eigenvalue weighted by Gasteiger charge is 2.00. The Kier molecular flexibility index (Phi) is 3.33. The fraction of sp³-hybridized carbons (Fsp3) is 0.300. The minimum atomic E-state index is -0.00847. The molecule has 63 valence electrons. The molecule has 1 aromatic rings. The van der Waals surface area contributed by atoms with Crippen LogP contribution in [-0.4, -0.2) is 12.5 Å². The van der Waals surface area contributed by atoms with Crippen LogP contribution in [0.25, 0.3) is 0 Å². The Morgan fingerprint density at radius 1 is 1.50 bits per heavy atom. The Morgan fingerprint density at radius 2 is 2.17 bits per heavy atom. The Morgan fingerprint density at radius 3 is 2.75 bits per heavy atom. The van der Waals surface area contributed by atoms with Crippen LogP contribution < -0.4 is 5.32 Å². The van der Waals surface area contributed by atoms with Crippen molar-refractivity contribution < 1.29 is 4.79 Å². The van der Waals surface area contributed by atoms with Crippen LogP contribution in [-0.2, 0) is 0 Å². The first-order valence-electron chi connectivity index (χ1n) is 4.09. The lowest BCUT2D eigenvalue weighted by Gasteiger charge is -2.01. The fourth-order valence-corrected chi connectivity index (χ4v) is 0.879. The van der Waals surface area contributed by atoms with E-state index in [9.17, 15) is 4.79 Å². The van der Waals surface area contributed by atoms with Crippen LogP contribution in [0, 0.1) is 6.07 Å². The van der Waals surface area contributed by atoms with Crippen molar-refractivity contribution in [2.75, 3.05) is 6.54 Å². The number of amides is 1. The van der Waals surface area contributed by atoms with Gasteiger partial charge in [0.25, 0.3) is 5.91 Å². The zero-order valence-corrected chi connectivity index (χ0v) is 7.13. The third-order valence-corrected chi connectivity index (χ3v) is 1.52. The number of hydrogen-bond acceptors (Lipinski definition) is 1. The van der Waals surface area contributed by atoms with E-state index >= 15 is 0 Å². The molecule has 0 spiro atoms. The van der Waals surface area contributed by atoms with E-state index in [-0.39, 0.29) is 5.91 Å². The van der Waals surface area contributed by atoms with Gasteiger partial charge in [0.15, 0.2) is 0 Å². The van der Waals surface area contributed by atoms with Gasteiger partial charge in [0.1, 0.15) is 0 Å². The van der Waals surface area contributed by atoms with E-state index in [1.54, 1.807) is 24.3 Å². The molecule has 0 aliphatic rings. The molecule has 0 saturated carbocycles. The molecule has 0 aliphatic carbocycles. The predicted molar refractivity (Wildman–Crippen MR) is 47.9 cm³/mol. The molecule has 1 N–H and O–H groups in total. The summed E-state index contributed by atoms with van der Waals surface area (Å²) in [6.45, 7) is 2.76. The SMILES string of the molecule is CCCNC(=O)c1cc[c]cc1. The van der Waals surface area contributed by atoms with Crippen LogP contribution in [0.3, 0.4) is 0 Å². The van der Waals surface area contributed by atoms with Gasteiger partial charge in [-0.2, -0.15) is 0 Å². The third kappa shape index (κ3) is 2.38. The van der Waals surface area contributed by atoms with Gasteiger partial charge in [-0.1, -0.05) is 19.1 Å². The van der Waals surface area contributed by atoms with Crippen molar-refractivity contribution in [2.45, 2.75) is 13.3 Å². The largest absolute Gasteiger partial charge is 0.352 e. The van der Waals surface area contributed by atoms with Gasteiger partial charge in [-0.25, -0.2) is 0 Å². The second-order valence-electron chi connectivity index (χ2n) is 2.54. The molecule has 0 unspecified atom stereocenters. The first-order chi connectivity index (χ1) is 5.84. The quantitative estimate of drug-likeness (QED) is 0.719. The molecule has 0 fully saturated rings. The molecule has 1 aromatic carbocycles. The highest BCUT2D eigenvalue weighted by atomic mass is 16.1. The Labute approximate surface area is 72.6 Å².